The maximum absolute atomic E-state index is 13.5. The Hall–Kier alpha value is -2.73. The average Bonchev–Trinajstić information content (AvgIpc) is 3.22. The summed E-state index contributed by atoms with van der Waals surface area (Å²) in [5, 5.41) is -0.0533. The summed E-state index contributed by atoms with van der Waals surface area (Å²) in [5.41, 5.74) is -0.576. The first-order valence-corrected chi connectivity index (χ1v) is 9.78. The Morgan fingerprint density at radius 1 is 1.00 bits per heavy atom. The van der Waals surface area contributed by atoms with E-state index in [1.165, 1.54) is 27.8 Å². The minimum Gasteiger partial charge on any atom is -0.352 e. The van der Waals surface area contributed by atoms with Crippen molar-refractivity contribution in [1.82, 2.24) is 24.2 Å². The van der Waals surface area contributed by atoms with E-state index in [-0.39, 0.29) is 42.5 Å². The number of hydrogen-bond donors (Lipinski definition) is 1. The highest BCUT2D eigenvalue weighted by atomic mass is 32.2. The van der Waals surface area contributed by atoms with Crippen LogP contribution in [-0.4, -0.2) is 58.8 Å². The normalized spacial score (nSPS) is 16.6. The summed E-state index contributed by atoms with van der Waals surface area (Å²) in [4.78, 5) is 15.6. The third-order valence-electron chi connectivity index (χ3n) is 4.45. The molecule has 1 aromatic carbocycles. The summed E-state index contributed by atoms with van der Waals surface area (Å²) in [5.74, 6) is -0.287. The van der Waals surface area contributed by atoms with Crippen LogP contribution >= 0.6 is 0 Å². The summed E-state index contributed by atoms with van der Waals surface area (Å²) >= 11 is 0. The zero-order valence-corrected chi connectivity index (χ0v) is 15.2. The number of nitrogens with one attached hydrogen (secondary N) is 1. The lowest BCUT2D eigenvalue weighted by molar-refractivity contribution is -0.140. The zero-order chi connectivity index (χ0) is 19.9. The molecule has 0 radical (unpaired) electrons. The second kappa shape index (κ2) is 6.71. The van der Waals surface area contributed by atoms with Crippen LogP contribution in [0, 0.1) is 0 Å². The number of H-pyrrole nitrogens is 1. The van der Waals surface area contributed by atoms with Crippen molar-refractivity contribution in [1.29, 1.82) is 0 Å². The lowest BCUT2D eigenvalue weighted by Crippen LogP contribution is -2.49. The van der Waals surface area contributed by atoms with E-state index in [1.54, 1.807) is 18.2 Å². The Bertz CT molecular complexity index is 1090. The molecule has 1 aliphatic heterocycles. The van der Waals surface area contributed by atoms with Crippen LogP contribution in [0.5, 0.6) is 0 Å². The van der Waals surface area contributed by atoms with Crippen LogP contribution in [0.25, 0.3) is 11.0 Å². The predicted molar refractivity (Wildman–Crippen MR) is 94.1 cm³/mol. The van der Waals surface area contributed by atoms with Gasteiger partial charge in [-0.05, 0) is 12.1 Å². The SMILES string of the molecule is O=S(=O)(c1cnc[nH]1)N1CCN(c2nc3ccccc3nc2C(F)(F)F)CC1. The van der Waals surface area contributed by atoms with Crippen LogP contribution in [0.3, 0.4) is 0 Å². The minimum atomic E-state index is -4.68. The molecule has 0 saturated carbocycles. The van der Waals surface area contributed by atoms with Gasteiger partial charge in [-0.1, -0.05) is 12.1 Å². The van der Waals surface area contributed by atoms with Crippen LogP contribution in [0.15, 0.2) is 41.8 Å². The first-order chi connectivity index (χ1) is 13.3. The van der Waals surface area contributed by atoms with Gasteiger partial charge in [0, 0.05) is 26.2 Å². The molecule has 0 unspecified atom stereocenters. The van der Waals surface area contributed by atoms with Crippen LogP contribution < -0.4 is 4.90 Å². The molecular formula is C16H15F3N6O2S. The van der Waals surface area contributed by atoms with E-state index in [2.05, 4.69) is 19.9 Å². The molecule has 12 heteroatoms. The summed E-state index contributed by atoms with van der Waals surface area (Å²) < 4.78 is 66.9. The van der Waals surface area contributed by atoms with Gasteiger partial charge in [-0.25, -0.2) is 23.4 Å². The Morgan fingerprint density at radius 2 is 1.64 bits per heavy atom. The minimum absolute atomic E-state index is 0.0210. The lowest BCUT2D eigenvalue weighted by Gasteiger charge is -2.35. The van der Waals surface area contributed by atoms with E-state index in [1.807, 2.05) is 0 Å². The largest absolute Gasteiger partial charge is 0.437 e. The molecule has 2 aromatic heterocycles. The monoisotopic (exact) mass is 412 g/mol. The quantitative estimate of drug-likeness (QED) is 0.706. The van der Waals surface area contributed by atoms with Crippen molar-refractivity contribution in [2.24, 2.45) is 0 Å². The third-order valence-corrected chi connectivity index (χ3v) is 6.27. The summed E-state index contributed by atoms with van der Waals surface area (Å²) in [6, 6.07) is 6.32. The van der Waals surface area contributed by atoms with E-state index >= 15 is 0 Å². The van der Waals surface area contributed by atoms with Gasteiger partial charge in [0.2, 0.25) is 0 Å². The summed E-state index contributed by atoms with van der Waals surface area (Å²) in [6.07, 6.45) is -2.23. The average molecular weight is 412 g/mol. The van der Waals surface area contributed by atoms with Crippen LogP contribution in [0.4, 0.5) is 19.0 Å². The zero-order valence-electron chi connectivity index (χ0n) is 14.4. The van der Waals surface area contributed by atoms with E-state index in [0.717, 1.165) is 0 Å². The number of alkyl halides is 3. The van der Waals surface area contributed by atoms with Gasteiger partial charge in [0.15, 0.2) is 16.5 Å². The molecule has 1 saturated heterocycles. The number of hydrogen-bond acceptors (Lipinski definition) is 6. The fourth-order valence-electron chi connectivity index (χ4n) is 3.06. The molecule has 0 spiro atoms. The molecule has 1 aliphatic rings. The van der Waals surface area contributed by atoms with Crippen molar-refractivity contribution in [3.63, 3.8) is 0 Å². The molecule has 0 aliphatic carbocycles. The van der Waals surface area contributed by atoms with Crippen LogP contribution in [0.1, 0.15) is 5.69 Å². The number of para-hydroxylation sites is 2. The van der Waals surface area contributed by atoms with Gasteiger partial charge in [0.25, 0.3) is 10.0 Å². The number of anilines is 1. The Kier molecular flexibility index (Phi) is 4.46. The predicted octanol–water partition coefficient (Wildman–Crippen LogP) is 1.88. The number of aromatic nitrogens is 4. The first-order valence-electron chi connectivity index (χ1n) is 8.34. The Balaban J connectivity index is 1.63. The maximum Gasteiger partial charge on any atom is 0.437 e. The number of piperazine rings is 1. The van der Waals surface area contributed by atoms with Gasteiger partial charge in [0.05, 0.1) is 23.6 Å². The van der Waals surface area contributed by atoms with Crippen LogP contribution in [-0.2, 0) is 16.2 Å². The van der Waals surface area contributed by atoms with Crippen molar-refractivity contribution < 1.29 is 21.6 Å². The van der Waals surface area contributed by atoms with Gasteiger partial charge in [-0.2, -0.15) is 17.5 Å². The Morgan fingerprint density at radius 3 is 2.21 bits per heavy atom. The molecular weight excluding hydrogens is 397 g/mol. The lowest BCUT2D eigenvalue weighted by atomic mass is 10.2. The summed E-state index contributed by atoms with van der Waals surface area (Å²) in [7, 11) is -3.77. The fraction of sp³-hybridized carbons (Fsp3) is 0.312. The van der Waals surface area contributed by atoms with E-state index in [0.29, 0.717) is 5.52 Å². The number of halogens is 3. The number of aromatic amines is 1. The van der Waals surface area contributed by atoms with Crippen molar-refractivity contribution in [2.45, 2.75) is 11.2 Å². The highest BCUT2D eigenvalue weighted by Gasteiger charge is 2.40. The maximum atomic E-state index is 13.5. The highest BCUT2D eigenvalue weighted by Crippen LogP contribution is 2.35. The first kappa shape index (κ1) is 18.6. The molecule has 1 N–H and O–H groups in total. The molecule has 4 rings (SSSR count). The van der Waals surface area contributed by atoms with E-state index in [9.17, 15) is 21.6 Å². The van der Waals surface area contributed by atoms with Crippen molar-refractivity contribution in [2.75, 3.05) is 31.1 Å². The molecule has 3 heterocycles. The molecule has 0 atom stereocenters. The molecule has 8 nitrogen and oxygen atoms in total. The standard InChI is InChI=1S/C16H15F3N6O2S/c17-16(18,19)14-15(23-12-4-2-1-3-11(12)22-14)24-5-7-25(8-6-24)28(26,27)13-9-20-10-21-13/h1-4,9-10H,5-8H2,(H,20,21). The number of fused-ring (bicyclic) bond motifs is 1. The van der Waals surface area contributed by atoms with Crippen LogP contribution in [0.2, 0.25) is 0 Å². The van der Waals surface area contributed by atoms with Gasteiger partial charge in [-0.15, -0.1) is 0 Å². The van der Waals surface area contributed by atoms with Gasteiger partial charge < -0.3 is 9.88 Å². The number of imidazole rings is 1. The van der Waals surface area contributed by atoms with Gasteiger partial charge >= 0.3 is 6.18 Å². The fourth-order valence-corrected chi connectivity index (χ4v) is 4.38. The molecule has 0 amide bonds. The second-order valence-electron chi connectivity index (χ2n) is 6.19. The number of rotatable bonds is 3. The molecule has 28 heavy (non-hydrogen) atoms. The highest BCUT2D eigenvalue weighted by molar-refractivity contribution is 7.89. The second-order valence-corrected chi connectivity index (χ2v) is 8.10. The molecule has 3 aromatic rings. The molecule has 1 fully saturated rings. The number of nitrogens with zero attached hydrogens (tertiary/aromatic N) is 5. The van der Waals surface area contributed by atoms with Crippen molar-refractivity contribution in [3.05, 3.63) is 42.5 Å². The van der Waals surface area contributed by atoms with E-state index in [4.69, 9.17) is 0 Å². The summed E-state index contributed by atoms with van der Waals surface area (Å²) in [6.45, 7) is 0.160. The molecule has 0 bridgehead atoms. The van der Waals surface area contributed by atoms with Gasteiger partial charge in [-0.3, -0.25) is 0 Å². The number of sulfonamides is 1. The van der Waals surface area contributed by atoms with E-state index < -0.39 is 21.9 Å². The number of benzene rings is 1. The smallest absolute Gasteiger partial charge is 0.352 e. The van der Waals surface area contributed by atoms with Crippen molar-refractivity contribution >= 4 is 26.9 Å². The topological polar surface area (TPSA) is 95.1 Å². The Labute approximate surface area is 158 Å². The van der Waals surface area contributed by atoms with Gasteiger partial charge in [0.1, 0.15) is 0 Å². The third kappa shape index (κ3) is 3.29. The van der Waals surface area contributed by atoms with Crippen molar-refractivity contribution in [3.8, 4) is 0 Å². The molecule has 148 valence electrons.